The van der Waals surface area contributed by atoms with E-state index in [0.29, 0.717) is 28.5 Å². The number of hydrogen-bond acceptors (Lipinski definition) is 5. The predicted octanol–water partition coefficient (Wildman–Crippen LogP) is 3.89. The summed E-state index contributed by atoms with van der Waals surface area (Å²) in [5.74, 6) is -0.622. The van der Waals surface area contributed by atoms with E-state index >= 15 is 0 Å². The van der Waals surface area contributed by atoms with Gasteiger partial charge in [0.1, 0.15) is 0 Å². The van der Waals surface area contributed by atoms with Crippen LogP contribution in [0.3, 0.4) is 0 Å². The Morgan fingerprint density at radius 1 is 1.23 bits per heavy atom. The fraction of sp³-hybridized carbons (Fsp3) is 0.217. The summed E-state index contributed by atoms with van der Waals surface area (Å²) in [5.41, 5.74) is 3.07. The molecule has 1 saturated carbocycles. The van der Waals surface area contributed by atoms with Gasteiger partial charge in [-0.05, 0) is 61.1 Å². The van der Waals surface area contributed by atoms with Gasteiger partial charge in [-0.25, -0.2) is 17.2 Å². The Balaban J connectivity index is 1.85. The molecule has 1 fully saturated rings. The Labute approximate surface area is 175 Å². The van der Waals surface area contributed by atoms with Gasteiger partial charge in [-0.2, -0.15) is 5.26 Å². The van der Waals surface area contributed by atoms with Crippen molar-refractivity contribution in [3.05, 3.63) is 77.5 Å². The standard InChI is InChI=1S/C23H20N2O4S/c1-14-4-7-17(8-5-14)30(27,28)25-13-21(19-11-18(19)15(2)23(26)29-3)20-10-16(12-24)6-9-22(20)25/h4-10,13,18-19H,2,11H2,1,3H3/t18-,19-/m0/s1. The topological polar surface area (TPSA) is 89.2 Å². The maximum atomic E-state index is 13.3. The Kier molecular flexibility index (Phi) is 4.75. The van der Waals surface area contributed by atoms with E-state index in [4.69, 9.17) is 4.74 Å². The first kappa shape index (κ1) is 19.9. The van der Waals surface area contributed by atoms with Crippen LogP contribution in [0.4, 0.5) is 0 Å². The van der Waals surface area contributed by atoms with Gasteiger partial charge >= 0.3 is 5.97 Å². The first-order valence-electron chi connectivity index (χ1n) is 9.42. The van der Waals surface area contributed by atoms with E-state index in [1.54, 1.807) is 48.7 Å². The highest BCUT2D eigenvalue weighted by molar-refractivity contribution is 7.90. The second kappa shape index (κ2) is 7.15. The summed E-state index contributed by atoms with van der Waals surface area (Å²) in [4.78, 5) is 12.0. The second-order valence-corrected chi connectivity index (χ2v) is 9.32. The summed E-state index contributed by atoms with van der Waals surface area (Å²) in [5, 5.41) is 10.00. The second-order valence-electron chi connectivity index (χ2n) is 7.51. The molecule has 152 valence electrons. The number of nitrogens with zero attached hydrogens (tertiary/aromatic N) is 2. The summed E-state index contributed by atoms with van der Waals surface area (Å²) in [6, 6.07) is 13.7. The van der Waals surface area contributed by atoms with Crippen LogP contribution in [0.1, 0.15) is 29.0 Å². The Morgan fingerprint density at radius 3 is 2.57 bits per heavy atom. The highest BCUT2D eigenvalue weighted by Crippen LogP contribution is 2.53. The van der Waals surface area contributed by atoms with E-state index in [1.807, 2.05) is 6.92 Å². The number of esters is 1. The van der Waals surface area contributed by atoms with E-state index in [0.717, 1.165) is 11.1 Å². The molecular weight excluding hydrogens is 400 g/mol. The first-order valence-corrected chi connectivity index (χ1v) is 10.9. The van der Waals surface area contributed by atoms with Crippen LogP contribution in [0.15, 0.2) is 65.7 Å². The largest absolute Gasteiger partial charge is 0.466 e. The molecule has 4 rings (SSSR count). The molecule has 6 nitrogen and oxygen atoms in total. The average Bonchev–Trinajstić information content (AvgIpc) is 3.45. The summed E-state index contributed by atoms with van der Waals surface area (Å²) >= 11 is 0. The van der Waals surface area contributed by atoms with E-state index in [-0.39, 0.29) is 16.7 Å². The minimum atomic E-state index is -3.83. The van der Waals surface area contributed by atoms with Crippen LogP contribution >= 0.6 is 0 Å². The van der Waals surface area contributed by atoms with Crippen molar-refractivity contribution in [1.29, 1.82) is 5.26 Å². The zero-order chi connectivity index (χ0) is 21.6. The molecule has 0 unspecified atom stereocenters. The number of carbonyl (C=O) groups excluding carboxylic acids is 1. The zero-order valence-electron chi connectivity index (χ0n) is 16.6. The molecule has 1 aliphatic carbocycles. The number of aryl methyl sites for hydroxylation is 1. The molecular formula is C23H20N2O4S. The maximum absolute atomic E-state index is 13.3. The van der Waals surface area contributed by atoms with Gasteiger partial charge < -0.3 is 4.74 Å². The summed E-state index contributed by atoms with van der Waals surface area (Å²) in [7, 11) is -2.52. The van der Waals surface area contributed by atoms with Gasteiger partial charge in [0, 0.05) is 17.2 Å². The number of fused-ring (bicyclic) bond motifs is 1. The maximum Gasteiger partial charge on any atom is 0.333 e. The van der Waals surface area contributed by atoms with Gasteiger partial charge in [0.05, 0.1) is 29.2 Å². The van der Waals surface area contributed by atoms with Crippen LogP contribution < -0.4 is 0 Å². The number of nitriles is 1. The minimum absolute atomic E-state index is 0.0532. The number of carbonyl (C=O) groups is 1. The highest BCUT2D eigenvalue weighted by atomic mass is 32.2. The van der Waals surface area contributed by atoms with E-state index in [9.17, 15) is 18.5 Å². The number of hydrogen-bond donors (Lipinski definition) is 0. The molecule has 0 amide bonds. The predicted molar refractivity (Wildman–Crippen MR) is 112 cm³/mol. The van der Waals surface area contributed by atoms with Crippen molar-refractivity contribution in [1.82, 2.24) is 3.97 Å². The molecule has 0 radical (unpaired) electrons. The fourth-order valence-electron chi connectivity index (χ4n) is 3.82. The van der Waals surface area contributed by atoms with Gasteiger partial charge in [0.2, 0.25) is 0 Å². The SMILES string of the molecule is C=C(C(=O)OC)[C@@H]1C[C@@H]1c1cn(S(=O)(=O)c2ccc(C)cc2)c2ccc(C#N)cc12. The molecule has 0 bridgehead atoms. The van der Waals surface area contributed by atoms with Crippen LogP contribution in [0.2, 0.25) is 0 Å². The van der Waals surface area contributed by atoms with Crippen molar-refractivity contribution in [3.8, 4) is 6.07 Å². The third-order valence-electron chi connectivity index (χ3n) is 5.59. The summed E-state index contributed by atoms with van der Waals surface area (Å²) < 4.78 is 32.7. The molecule has 1 aromatic heterocycles. The Hall–Kier alpha value is -3.37. The minimum Gasteiger partial charge on any atom is -0.466 e. The molecule has 1 heterocycles. The molecule has 3 aromatic rings. The summed E-state index contributed by atoms with van der Waals surface area (Å²) in [6.45, 7) is 5.73. The smallest absolute Gasteiger partial charge is 0.333 e. The molecule has 30 heavy (non-hydrogen) atoms. The van der Waals surface area contributed by atoms with E-state index < -0.39 is 16.0 Å². The van der Waals surface area contributed by atoms with Crippen LogP contribution in [-0.2, 0) is 19.6 Å². The lowest BCUT2D eigenvalue weighted by Gasteiger charge is -2.08. The van der Waals surface area contributed by atoms with Crippen LogP contribution in [-0.4, -0.2) is 25.5 Å². The first-order chi connectivity index (χ1) is 14.3. The molecule has 0 spiro atoms. The van der Waals surface area contributed by atoms with Crippen molar-refractivity contribution in [3.63, 3.8) is 0 Å². The van der Waals surface area contributed by atoms with Gasteiger partial charge in [-0.15, -0.1) is 0 Å². The molecule has 0 aliphatic heterocycles. The number of benzene rings is 2. The number of ether oxygens (including phenoxy) is 1. The monoisotopic (exact) mass is 420 g/mol. The third kappa shape index (κ3) is 3.19. The molecule has 0 saturated heterocycles. The van der Waals surface area contributed by atoms with Crippen molar-refractivity contribution in [2.24, 2.45) is 5.92 Å². The lowest BCUT2D eigenvalue weighted by Crippen LogP contribution is -2.11. The van der Waals surface area contributed by atoms with Crippen molar-refractivity contribution in [2.75, 3.05) is 7.11 Å². The summed E-state index contributed by atoms with van der Waals surface area (Å²) in [6.07, 6.45) is 2.28. The van der Waals surface area contributed by atoms with E-state index in [2.05, 4.69) is 12.6 Å². The third-order valence-corrected chi connectivity index (χ3v) is 7.28. The van der Waals surface area contributed by atoms with Gasteiger partial charge in [-0.3, -0.25) is 0 Å². The Bertz CT molecular complexity index is 1330. The number of methoxy groups -OCH3 is 1. The molecule has 0 N–H and O–H groups in total. The number of aromatic nitrogens is 1. The lowest BCUT2D eigenvalue weighted by molar-refractivity contribution is -0.136. The van der Waals surface area contributed by atoms with Gasteiger partial charge in [0.25, 0.3) is 10.0 Å². The molecule has 1 aliphatic rings. The Morgan fingerprint density at radius 2 is 1.93 bits per heavy atom. The normalized spacial score (nSPS) is 18.0. The highest BCUT2D eigenvalue weighted by Gasteiger charge is 2.44. The van der Waals surface area contributed by atoms with Crippen LogP contribution in [0.25, 0.3) is 10.9 Å². The van der Waals surface area contributed by atoms with Crippen LogP contribution in [0.5, 0.6) is 0 Å². The van der Waals surface area contributed by atoms with Crippen LogP contribution in [0, 0.1) is 24.2 Å². The van der Waals surface area contributed by atoms with E-state index in [1.165, 1.54) is 11.1 Å². The van der Waals surface area contributed by atoms with Crippen molar-refractivity contribution < 1.29 is 17.9 Å². The molecule has 2 atom stereocenters. The van der Waals surface area contributed by atoms with Gasteiger partial charge in [0.15, 0.2) is 0 Å². The molecule has 2 aromatic carbocycles. The fourth-order valence-corrected chi connectivity index (χ4v) is 5.20. The number of rotatable bonds is 5. The van der Waals surface area contributed by atoms with Crippen molar-refractivity contribution in [2.45, 2.75) is 24.2 Å². The molecule has 7 heteroatoms. The average molecular weight is 420 g/mol. The van der Waals surface area contributed by atoms with Gasteiger partial charge in [-0.1, -0.05) is 24.3 Å². The lowest BCUT2D eigenvalue weighted by atomic mass is 10.0. The van der Waals surface area contributed by atoms with Crippen molar-refractivity contribution >= 4 is 26.9 Å². The quantitative estimate of drug-likeness (QED) is 0.461. The zero-order valence-corrected chi connectivity index (χ0v) is 17.4.